The monoisotopic (exact) mass is 441 g/mol. The summed E-state index contributed by atoms with van der Waals surface area (Å²) < 4.78 is 0. The van der Waals surface area contributed by atoms with Crippen LogP contribution in [0.5, 0.6) is 0 Å². The Hall–Kier alpha value is -3.93. The summed E-state index contributed by atoms with van der Waals surface area (Å²) in [5.41, 5.74) is 5.62. The Morgan fingerprint density at radius 2 is 1.64 bits per heavy atom. The number of rotatable bonds is 5. The molecule has 0 aromatic heterocycles. The van der Waals surface area contributed by atoms with Gasteiger partial charge in [0, 0.05) is 35.6 Å². The first-order valence-corrected chi connectivity index (χ1v) is 11.0. The molecule has 0 aliphatic carbocycles. The number of amides is 3. The molecule has 0 radical (unpaired) electrons. The van der Waals surface area contributed by atoms with E-state index in [9.17, 15) is 14.4 Å². The summed E-state index contributed by atoms with van der Waals surface area (Å²) in [4.78, 5) is 39.9. The molecule has 1 fully saturated rings. The van der Waals surface area contributed by atoms with Gasteiger partial charge in [0.05, 0.1) is 5.92 Å². The second-order valence-electron chi connectivity index (χ2n) is 8.59. The topological polar surface area (TPSA) is 78.5 Å². The van der Waals surface area contributed by atoms with Gasteiger partial charge in [-0.2, -0.15) is 0 Å². The molecule has 1 aliphatic rings. The Bertz CT molecular complexity index is 1230. The van der Waals surface area contributed by atoms with Gasteiger partial charge in [0.25, 0.3) is 5.91 Å². The van der Waals surface area contributed by atoms with E-state index in [0.717, 1.165) is 22.4 Å². The summed E-state index contributed by atoms with van der Waals surface area (Å²) in [6.45, 7) is 6.15. The fourth-order valence-corrected chi connectivity index (χ4v) is 3.98. The molecule has 0 saturated carbocycles. The van der Waals surface area contributed by atoms with Gasteiger partial charge in [-0.05, 0) is 73.9 Å². The molecular formula is C27H27N3O3. The molecule has 1 atom stereocenters. The van der Waals surface area contributed by atoms with Gasteiger partial charge in [0.15, 0.2) is 0 Å². The minimum absolute atomic E-state index is 0.132. The van der Waals surface area contributed by atoms with E-state index in [1.807, 2.05) is 63.2 Å². The number of hydrogen-bond acceptors (Lipinski definition) is 3. The number of anilines is 3. The molecule has 0 bridgehead atoms. The fraction of sp³-hybridized carbons (Fsp3) is 0.222. The van der Waals surface area contributed by atoms with Crippen LogP contribution < -0.4 is 15.5 Å². The molecule has 3 aromatic carbocycles. The van der Waals surface area contributed by atoms with E-state index >= 15 is 0 Å². The van der Waals surface area contributed by atoms with Gasteiger partial charge in [-0.15, -0.1) is 0 Å². The molecule has 3 aromatic rings. The number of aryl methyl sites for hydroxylation is 3. The fourth-order valence-electron chi connectivity index (χ4n) is 3.98. The van der Waals surface area contributed by atoms with Crippen LogP contribution in [0.2, 0.25) is 0 Å². The molecule has 0 unspecified atom stereocenters. The zero-order valence-electron chi connectivity index (χ0n) is 19.0. The third kappa shape index (κ3) is 5.12. The third-order valence-corrected chi connectivity index (χ3v) is 5.84. The van der Waals surface area contributed by atoms with Crippen molar-refractivity contribution in [3.8, 4) is 0 Å². The Balaban J connectivity index is 1.46. The lowest BCUT2D eigenvalue weighted by Gasteiger charge is -2.18. The summed E-state index contributed by atoms with van der Waals surface area (Å²) in [7, 11) is 0. The van der Waals surface area contributed by atoms with Crippen LogP contribution >= 0.6 is 0 Å². The number of carbonyl (C=O) groups excluding carboxylic acids is 3. The summed E-state index contributed by atoms with van der Waals surface area (Å²) >= 11 is 0. The summed E-state index contributed by atoms with van der Waals surface area (Å²) in [5.74, 6) is -1.01. The SMILES string of the molecule is Cc1cccc(NC(=O)c2cccc(N3C[C@H](C(=O)Nc4cc(C)ccc4C)CC3=O)c2)c1. The highest BCUT2D eigenvalue weighted by Crippen LogP contribution is 2.28. The van der Waals surface area contributed by atoms with Crippen molar-refractivity contribution in [2.45, 2.75) is 27.2 Å². The molecule has 168 valence electrons. The van der Waals surface area contributed by atoms with Crippen molar-refractivity contribution in [2.24, 2.45) is 5.92 Å². The molecule has 1 aliphatic heterocycles. The third-order valence-electron chi connectivity index (χ3n) is 5.84. The first-order valence-electron chi connectivity index (χ1n) is 11.0. The van der Waals surface area contributed by atoms with Crippen molar-refractivity contribution >= 4 is 34.8 Å². The molecule has 6 heteroatoms. The van der Waals surface area contributed by atoms with E-state index in [1.54, 1.807) is 29.2 Å². The zero-order valence-corrected chi connectivity index (χ0v) is 19.0. The second-order valence-corrected chi connectivity index (χ2v) is 8.59. The average Bonchev–Trinajstić information content (AvgIpc) is 3.18. The minimum Gasteiger partial charge on any atom is -0.326 e. The van der Waals surface area contributed by atoms with E-state index in [0.29, 0.717) is 16.9 Å². The predicted molar refractivity (Wildman–Crippen MR) is 131 cm³/mol. The maximum atomic E-state index is 12.9. The molecule has 6 nitrogen and oxygen atoms in total. The first-order chi connectivity index (χ1) is 15.8. The Morgan fingerprint density at radius 1 is 0.879 bits per heavy atom. The van der Waals surface area contributed by atoms with Crippen LogP contribution in [-0.4, -0.2) is 24.3 Å². The first kappa shape index (κ1) is 22.3. The molecule has 33 heavy (non-hydrogen) atoms. The van der Waals surface area contributed by atoms with Crippen LogP contribution in [0.4, 0.5) is 17.1 Å². The highest BCUT2D eigenvalue weighted by atomic mass is 16.2. The lowest BCUT2D eigenvalue weighted by Crippen LogP contribution is -2.28. The van der Waals surface area contributed by atoms with Crippen LogP contribution in [0.25, 0.3) is 0 Å². The van der Waals surface area contributed by atoms with E-state index in [1.165, 1.54) is 0 Å². The van der Waals surface area contributed by atoms with Gasteiger partial charge in [-0.3, -0.25) is 14.4 Å². The molecule has 4 rings (SSSR count). The smallest absolute Gasteiger partial charge is 0.255 e. The number of nitrogens with zero attached hydrogens (tertiary/aromatic N) is 1. The van der Waals surface area contributed by atoms with E-state index in [4.69, 9.17) is 0 Å². The van der Waals surface area contributed by atoms with Crippen LogP contribution in [-0.2, 0) is 9.59 Å². The van der Waals surface area contributed by atoms with Crippen molar-refractivity contribution in [1.29, 1.82) is 0 Å². The van der Waals surface area contributed by atoms with Crippen molar-refractivity contribution in [1.82, 2.24) is 0 Å². The second kappa shape index (κ2) is 9.28. The predicted octanol–water partition coefficient (Wildman–Crippen LogP) is 4.86. The van der Waals surface area contributed by atoms with E-state index in [-0.39, 0.29) is 30.7 Å². The van der Waals surface area contributed by atoms with Gasteiger partial charge in [0.2, 0.25) is 11.8 Å². The summed E-state index contributed by atoms with van der Waals surface area (Å²) in [5, 5.41) is 5.85. The highest BCUT2D eigenvalue weighted by Gasteiger charge is 2.35. The number of nitrogens with one attached hydrogen (secondary N) is 2. The quantitative estimate of drug-likeness (QED) is 0.594. The van der Waals surface area contributed by atoms with Gasteiger partial charge in [0.1, 0.15) is 0 Å². The maximum Gasteiger partial charge on any atom is 0.255 e. The van der Waals surface area contributed by atoms with Gasteiger partial charge < -0.3 is 15.5 Å². The molecule has 0 spiro atoms. The molecule has 1 heterocycles. The Labute approximate surface area is 193 Å². The molecule has 1 saturated heterocycles. The standard InChI is InChI=1S/C27H27N3O3/c1-17-6-4-8-22(12-17)28-26(32)20-7-5-9-23(14-20)30-16-21(15-25(30)31)27(33)29-24-13-18(2)10-11-19(24)3/h4-14,21H,15-16H2,1-3H3,(H,28,32)(H,29,33)/t21-/m1/s1. The van der Waals surface area contributed by atoms with E-state index < -0.39 is 5.92 Å². The highest BCUT2D eigenvalue weighted by molar-refractivity contribution is 6.07. The van der Waals surface area contributed by atoms with Gasteiger partial charge in [-0.25, -0.2) is 0 Å². The van der Waals surface area contributed by atoms with Gasteiger partial charge >= 0.3 is 0 Å². The maximum absolute atomic E-state index is 12.9. The summed E-state index contributed by atoms with van der Waals surface area (Å²) in [6.07, 6.45) is 0.135. The van der Waals surface area contributed by atoms with Crippen molar-refractivity contribution in [2.75, 3.05) is 22.1 Å². The Kier molecular flexibility index (Phi) is 6.27. The van der Waals surface area contributed by atoms with Crippen LogP contribution in [0.15, 0.2) is 66.7 Å². The normalized spacial score (nSPS) is 15.4. The zero-order chi connectivity index (χ0) is 23.5. The average molecular weight is 442 g/mol. The van der Waals surface area contributed by atoms with Crippen LogP contribution in [0.1, 0.15) is 33.5 Å². The summed E-state index contributed by atoms with van der Waals surface area (Å²) in [6, 6.07) is 20.4. The number of benzene rings is 3. The van der Waals surface area contributed by atoms with Crippen LogP contribution in [0, 0.1) is 26.7 Å². The van der Waals surface area contributed by atoms with Gasteiger partial charge in [-0.1, -0.05) is 30.3 Å². The van der Waals surface area contributed by atoms with Crippen molar-refractivity contribution in [3.05, 3.63) is 89.0 Å². The molecule has 3 amide bonds. The van der Waals surface area contributed by atoms with Crippen molar-refractivity contribution < 1.29 is 14.4 Å². The Morgan fingerprint density at radius 3 is 2.42 bits per heavy atom. The largest absolute Gasteiger partial charge is 0.326 e. The number of carbonyl (C=O) groups is 3. The van der Waals surface area contributed by atoms with Crippen molar-refractivity contribution in [3.63, 3.8) is 0 Å². The van der Waals surface area contributed by atoms with E-state index in [2.05, 4.69) is 10.6 Å². The lowest BCUT2D eigenvalue weighted by atomic mass is 10.1. The number of hydrogen-bond donors (Lipinski definition) is 2. The minimum atomic E-state index is -0.456. The molecular weight excluding hydrogens is 414 g/mol. The van der Waals surface area contributed by atoms with Crippen LogP contribution in [0.3, 0.4) is 0 Å². The molecule has 2 N–H and O–H groups in total. The lowest BCUT2D eigenvalue weighted by molar-refractivity contribution is -0.122.